The lowest BCUT2D eigenvalue weighted by Gasteiger charge is -2.39. The van der Waals surface area contributed by atoms with Gasteiger partial charge >= 0.3 is 12.0 Å². The van der Waals surface area contributed by atoms with Crippen molar-refractivity contribution in [3.63, 3.8) is 0 Å². The fraction of sp³-hybridized carbons (Fsp3) is 0.577. The minimum absolute atomic E-state index is 0.228. The van der Waals surface area contributed by atoms with Crippen LogP contribution in [-0.2, 0) is 14.3 Å². The van der Waals surface area contributed by atoms with E-state index < -0.39 is 0 Å². The molecule has 172 valence electrons. The van der Waals surface area contributed by atoms with Crippen LogP contribution in [0.2, 0.25) is 0 Å². The van der Waals surface area contributed by atoms with Crippen LogP contribution < -0.4 is 0 Å². The molecular weight excluding hydrogens is 402 g/mol. The molecule has 4 rings (SSSR count). The quantitative estimate of drug-likeness (QED) is 0.445. The summed E-state index contributed by atoms with van der Waals surface area (Å²) in [5.41, 5.74) is 1.38. The number of benzene rings is 1. The average molecular weight is 438 g/mol. The second-order valence-corrected chi connectivity index (χ2v) is 8.92. The van der Waals surface area contributed by atoms with Gasteiger partial charge in [-0.25, -0.2) is 9.79 Å². The van der Waals surface area contributed by atoms with Crippen molar-refractivity contribution in [1.29, 1.82) is 0 Å². The average Bonchev–Trinajstić information content (AvgIpc) is 2.85. The molecule has 1 heterocycles. The van der Waals surface area contributed by atoms with E-state index in [1.165, 1.54) is 38.5 Å². The van der Waals surface area contributed by atoms with Gasteiger partial charge in [0.15, 0.2) is 5.82 Å². The molecule has 0 N–H and O–H groups in total. The van der Waals surface area contributed by atoms with Gasteiger partial charge < -0.3 is 9.47 Å². The number of rotatable bonds is 5. The summed E-state index contributed by atoms with van der Waals surface area (Å²) in [4.78, 5) is 24.8. The summed E-state index contributed by atoms with van der Waals surface area (Å²) in [6, 6.07) is 10.9. The van der Waals surface area contributed by atoms with Gasteiger partial charge in [-0.05, 0) is 51.7 Å². The molecule has 3 aliphatic rings. The summed E-state index contributed by atoms with van der Waals surface area (Å²) in [7, 11) is 0. The molecular formula is C26H35N3O3. The highest BCUT2D eigenvalue weighted by Crippen LogP contribution is 2.32. The standard InChI is InChI=1S/C26H35N3O3/c1-3-31-25(30)19(2)23-28-24(20-13-7-4-8-14-20)32-26(27-21-15-9-5-10-16-21)29(23)22-17-11-6-12-18-22/h4,7-8,13-14,21-22H,3,5-6,9-12,15-18H2,1-2H3/b23-19+,27-26?. The predicted molar refractivity (Wildman–Crippen MR) is 126 cm³/mol. The monoisotopic (exact) mass is 437 g/mol. The van der Waals surface area contributed by atoms with Crippen molar-refractivity contribution in [2.24, 2.45) is 9.98 Å². The predicted octanol–water partition coefficient (Wildman–Crippen LogP) is 5.58. The molecule has 0 aromatic heterocycles. The molecule has 1 aromatic carbocycles. The highest BCUT2D eigenvalue weighted by atomic mass is 16.5. The maximum absolute atomic E-state index is 12.8. The van der Waals surface area contributed by atoms with Crippen LogP contribution in [0.15, 0.2) is 51.7 Å². The van der Waals surface area contributed by atoms with Crippen LogP contribution in [0.4, 0.5) is 0 Å². The van der Waals surface area contributed by atoms with E-state index in [1.54, 1.807) is 6.92 Å². The van der Waals surface area contributed by atoms with Crippen LogP contribution >= 0.6 is 0 Å². The van der Waals surface area contributed by atoms with Crippen molar-refractivity contribution in [3.8, 4) is 0 Å². The van der Waals surface area contributed by atoms with Gasteiger partial charge in [-0.3, -0.25) is 4.90 Å². The number of esters is 1. The number of carbonyl (C=O) groups excluding carboxylic acids is 1. The van der Waals surface area contributed by atoms with Crippen molar-refractivity contribution in [3.05, 3.63) is 47.3 Å². The summed E-state index contributed by atoms with van der Waals surface area (Å²) in [5.74, 6) is 0.777. The molecule has 0 amide bonds. The van der Waals surface area contributed by atoms with E-state index in [2.05, 4.69) is 4.90 Å². The fourth-order valence-corrected chi connectivity index (χ4v) is 4.82. The van der Waals surface area contributed by atoms with Crippen LogP contribution in [0, 0.1) is 0 Å². The van der Waals surface area contributed by atoms with Gasteiger partial charge in [0.05, 0.1) is 18.2 Å². The largest absolute Gasteiger partial charge is 0.463 e. The number of nitrogens with zero attached hydrogens (tertiary/aromatic N) is 3. The number of amidine groups is 1. The minimum Gasteiger partial charge on any atom is -0.463 e. The Labute approximate surface area is 191 Å². The molecule has 2 saturated carbocycles. The molecule has 1 aliphatic heterocycles. The number of ether oxygens (including phenoxy) is 2. The van der Waals surface area contributed by atoms with Crippen molar-refractivity contribution in [2.75, 3.05) is 6.61 Å². The first-order valence-electron chi connectivity index (χ1n) is 12.2. The third-order valence-corrected chi connectivity index (χ3v) is 6.57. The lowest BCUT2D eigenvalue weighted by molar-refractivity contribution is -0.138. The Kier molecular flexibility index (Phi) is 7.61. The van der Waals surface area contributed by atoms with Gasteiger partial charge in [-0.1, -0.05) is 56.7 Å². The number of hydrogen-bond donors (Lipinski definition) is 0. The summed E-state index contributed by atoms with van der Waals surface area (Å²) in [5, 5.41) is 0. The number of aliphatic imine (C=N–C) groups is 2. The maximum atomic E-state index is 12.8. The zero-order valence-corrected chi connectivity index (χ0v) is 19.4. The van der Waals surface area contributed by atoms with E-state index in [0.29, 0.717) is 29.9 Å². The van der Waals surface area contributed by atoms with Crippen LogP contribution in [0.3, 0.4) is 0 Å². The van der Waals surface area contributed by atoms with Crippen molar-refractivity contribution < 1.29 is 14.3 Å². The van der Waals surface area contributed by atoms with E-state index in [0.717, 1.165) is 31.2 Å². The Balaban J connectivity index is 1.81. The number of hydrogen-bond acceptors (Lipinski definition) is 5. The Morgan fingerprint density at radius 3 is 2.38 bits per heavy atom. The Morgan fingerprint density at radius 2 is 1.72 bits per heavy atom. The second-order valence-electron chi connectivity index (χ2n) is 8.92. The first-order valence-corrected chi connectivity index (χ1v) is 12.2. The van der Waals surface area contributed by atoms with Crippen LogP contribution in [0.1, 0.15) is 83.6 Å². The third-order valence-electron chi connectivity index (χ3n) is 6.57. The zero-order valence-electron chi connectivity index (χ0n) is 19.4. The number of carbonyl (C=O) groups is 1. The van der Waals surface area contributed by atoms with Gasteiger partial charge in [-0.2, -0.15) is 4.99 Å². The van der Waals surface area contributed by atoms with E-state index in [-0.39, 0.29) is 18.1 Å². The highest BCUT2D eigenvalue weighted by Gasteiger charge is 2.36. The van der Waals surface area contributed by atoms with E-state index in [4.69, 9.17) is 19.5 Å². The zero-order chi connectivity index (χ0) is 22.3. The molecule has 2 fully saturated rings. The Morgan fingerprint density at radius 1 is 1.06 bits per heavy atom. The van der Waals surface area contributed by atoms with E-state index >= 15 is 0 Å². The van der Waals surface area contributed by atoms with Crippen molar-refractivity contribution >= 4 is 17.9 Å². The summed E-state index contributed by atoms with van der Waals surface area (Å²) in [6.07, 6.45) is 11.5. The Hall–Kier alpha value is -2.63. The first-order chi connectivity index (χ1) is 15.7. The van der Waals surface area contributed by atoms with Crippen LogP contribution in [0.25, 0.3) is 0 Å². The molecule has 0 bridgehead atoms. The van der Waals surface area contributed by atoms with Gasteiger partial charge in [0.1, 0.15) is 0 Å². The highest BCUT2D eigenvalue weighted by molar-refractivity contribution is 6.05. The molecule has 1 aromatic rings. The van der Waals surface area contributed by atoms with Gasteiger partial charge in [0, 0.05) is 11.6 Å². The van der Waals surface area contributed by atoms with Gasteiger partial charge in [-0.15, -0.1) is 0 Å². The van der Waals surface area contributed by atoms with Crippen molar-refractivity contribution in [2.45, 2.75) is 90.1 Å². The molecule has 0 unspecified atom stereocenters. The molecule has 0 spiro atoms. The van der Waals surface area contributed by atoms with Crippen LogP contribution in [0.5, 0.6) is 0 Å². The third kappa shape index (κ3) is 5.22. The van der Waals surface area contributed by atoms with Crippen molar-refractivity contribution in [1.82, 2.24) is 4.90 Å². The fourth-order valence-electron chi connectivity index (χ4n) is 4.82. The second kappa shape index (κ2) is 10.8. The topological polar surface area (TPSA) is 63.5 Å². The summed E-state index contributed by atoms with van der Waals surface area (Å²) < 4.78 is 11.7. The smallest absolute Gasteiger partial charge is 0.337 e. The van der Waals surface area contributed by atoms with Crippen LogP contribution in [-0.4, -0.2) is 41.5 Å². The van der Waals surface area contributed by atoms with Gasteiger partial charge in [0.25, 0.3) is 0 Å². The van der Waals surface area contributed by atoms with E-state index in [9.17, 15) is 4.79 Å². The summed E-state index contributed by atoms with van der Waals surface area (Å²) in [6.45, 7) is 3.97. The molecule has 0 atom stereocenters. The lowest BCUT2D eigenvalue weighted by Crippen LogP contribution is -2.46. The van der Waals surface area contributed by atoms with Gasteiger partial charge in [0.2, 0.25) is 5.90 Å². The molecule has 6 heteroatoms. The minimum atomic E-state index is -0.335. The summed E-state index contributed by atoms with van der Waals surface area (Å²) >= 11 is 0. The lowest BCUT2D eigenvalue weighted by atomic mass is 9.94. The normalized spacial score (nSPS) is 23.5. The molecule has 0 saturated heterocycles. The Bertz CT molecular complexity index is 879. The first kappa shape index (κ1) is 22.6. The maximum Gasteiger partial charge on any atom is 0.337 e. The SMILES string of the molecule is CCOC(=O)/C(C)=C1\N=C(c2ccccc2)OC(=NC2CCCCC2)N1C1CCCCC1. The van der Waals surface area contributed by atoms with E-state index in [1.807, 2.05) is 37.3 Å². The molecule has 32 heavy (non-hydrogen) atoms. The molecule has 2 aliphatic carbocycles. The molecule has 0 radical (unpaired) electrons. The molecule has 6 nitrogen and oxygen atoms in total.